The molecule has 0 N–H and O–H groups in total. The van der Waals surface area contributed by atoms with E-state index >= 15 is 0 Å². The van der Waals surface area contributed by atoms with Crippen LogP contribution in [0.5, 0.6) is 0 Å². The summed E-state index contributed by atoms with van der Waals surface area (Å²) in [5.41, 5.74) is 11.3. The van der Waals surface area contributed by atoms with Crippen molar-refractivity contribution < 1.29 is 4.57 Å². The zero-order valence-corrected chi connectivity index (χ0v) is 17.2. The maximum Gasteiger partial charge on any atom is 0.213 e. The van der Waals surface area contributed by atoms with Crippen molar-refractivity contribution in [3.63, 3.8) is 0 Å². The largest absolute Gasteiger partial charge is 0.257 e. The monoisotopic (exact) mass is 365 g/mol. The van der Waals surface area contributed by atoms with E-state index in [0.29, 0.717) is 0 Å². The van der Waals surface area contributed by atoms with Crippen LogP contribution in [0.2, 0.25) is 0 Å². The topological polar surface area (TPSA) is 16.8 Å². The maximum atomic E-state index is 4.91. The molecule has 0 spiro atoms. The lowest BCUT2D eigenvalue weighted by Gasteiger charge is -2.21. The van der Waals surface area contributed by atoms with Crippen LogP contribution in [-0.4, -0.2) is 4.98 Å². The summed E-state index contributed by atoms with van der Waals surface area (Å²) in [7, 11) is 2.16. The molecule has 28 heavy (non-hydrogen) atoms. The van der Waals surface area contributed by atoms with Crippen molar-refractivity contribution in [3.05, 3.63) is 83.2 Å². The average Bonchev–Trinajstić information content (AvgIpc) is 2.89. The van der Waals surface area contributed by atoms with Crippen molar-refractivity contribution in [3.8, 4) is 22.4 Å². The fraction of sp³-hybridized carbons (Fsp3) is 0.231. The maximum absolute atomic E-state index is 4.91. The van der Waals surface area contributed by atoms with Crippen LogP contribution in [0, 0.1) is 13.8 Å². The first kappa shape index (κ1) is 17.1. The van der Waals surface area contributed by atoms with E-state index in [9.17, 15) is 0 Å². The molecule has 0 radical (unpaired) electrons. The Morgan fingerprint density at radius 2 is 1.61 bits per heavy atom. The highest BCUT2D eigenvalue weighted by Crippen LogP contribution is 2.49. The third-order valence-corrected chi connectivity index (χ3v) is 6.31. The summed E-state index contributed by atoms with van der Waals surface area (Å²) < 4.78 is 2.30. The van der Waals surface area contributed by atoms with E-state index in [2.05, 4.69) is 100.0 Å². The van der Waals surface area contributed by atoms with Crippen molar-refractivity contribution in [1.29, 1.82) is 0 Å². The van der Waals surface area contributed by atoms with Gasteiger partial charge in [-0.05, 0) is 54.8 Å². The van der Waals surface area contributed by atoms with Gasteiger partial charge in [0.25, 0.3) is 0 Å². The lowest BCUT2D eigenvalue weighted by molar-refractivity contribution is -0.633. The van der Waals surface area contributed by atoms with Gasteiger partial charge < -0.3 is 0 Å². The van der Waals surface area contributed by atoms with Crippen molar-refractivity contribution in [1.82, 2.24) is 4.98 Å². The van der Waals surface area contributed by atoms with Crippen LogP contribution in [0.4, 0.5) is 0 Å². The molecule has 0 atom stereocenters. The second-order valence-corrected chi connectivity index (χ2v) is 8.52. The summed E-state index contributed by atoms with van der Waals surface area (Å²) in [5.74, 6) is 0. The summed E-state index contributed by atoms with van der Waals surface area (Å²) in [5, 5.41) is 1.26. The molecule has 4 aromatic rings. The number of hydrogen-bond donors (Lipinski definition) is 0. The van der Waals surface area contributed by atoms with Crippen LogP contribution in [0.3, 0.4) is 0 Å². The van der Waals surface area contributed by atoms with E-state index in [1.165, 1.54) is 50.1 Å². The Morgan fingerprint density at radius 1 is 0.821 bits per heavy atom. The molecule has 0 fully saturated rings. The van der Waals surface area contributed by atoms with E-state index in [-0.39, 0.29) is 5.41 Å². The van der Waals surface area contributed by atoms with Crippen LogP contribution < -0.4 is 4.57 Å². The number of fused-ring (bicyclic) bond motifs is 4. The summed E-state index contributed by atoms with van der Waals surface area (Å²) in [4.78, 5) is 4.91. The molecule has 0 saturated heterocycles. The summed E-state index contributed by atoms with van der Waals surface area (Å²) in [6.45, 7) is 8.88. The van der Waals surface area contributed by atoms with Crippen LogP contribution >= 0.6 is 0 Å². The Balaban J connectivity index is 1.79. The molecule has 1 aliphatic rings. The van der Waals surface area contributed by atoms with Gasteiger partial charge in [0.05, 0.1) is 5.69 Å². The number of hydrogen-bond acceptors (Lipinski definition) is 1. The third-order valence-electron chi connectivity index (χ3n) is 6.31. The van der Waals surface area contributed by atoms with Gasteiger partial charge in [-0.15, -0.1) is 0 Å². The normalized spacial score (nSPS) is 14.2. The minimum atomic E-state index is -0.0639. The molecule has 2 heterocycles. The van der Waals surface area contributed by atoms with Crippen molar-refractivity contribution in [2.75, 3.05) is 0 Å². The number of nitrogens with zero attached hydrogens (tertiary/aromatic N) is 2. The Labute approximate surface area is 166 Å². The Morgan fingerprint density at radius 3 is 2.43 bits per heavy atom. The van der Waals surface area contributed by atoms with Gasteiger partial charge in [-0.3, -0.25) is 4.98 Å². The standard InChI is InChI=1S/C26H25N2/c1-16-14-22-21(19-12-10-17(2)27-25(19)26(22,3)4)15-20(16)24-13-11-18-8-6-7-9-23(18)28(24)5/h6-15H,1-5H3/q+1. The van der Waals surface area contributed by atoms with Gasteiger partial charge in [-0.1, -0.05) is 38.1 Å². The van der Waals surface area contributed by atoms with Gasteiger partial charge >= 0.3 is 0 Å². The van der Waals surface area contributed by atoms with Crippen LogP contribution in [0.25, 0.3) is 33.3 Å². The second-order valence-electron chi connectivity index (χ2n) is 8.52. The fourth-order valence-electron chi connectivity index (χ4n) is 4.72. The molecule has 2 nitrogen and oxygen atoms in total. The van der Waals surface area contributed by atoms with E-state index in [4.69, 9.17) is 4.98 Å². The molecule has 2 heteroatoms. The van der Waals surface area contributed by atoms with Gasteiger partial charge in [0, 0.05) is 39.8 Å². The van der Waals surface area contributed by atoms with Crippen LogP contribution in [-0.2, 0) is 12.5 Å². The minimum absolute atomic E-state index is 0.0639. The molecule has 5 rings (SSSR count). The highest BCUT2D eigenvalue weighted by atomic mass is 14.9. The lowest BCUT2D eigenvalue weighted by Crippen LogP contribution is -2.32. The lowest BCUT2D eigenvalue weighted by atomic mass is 9.83. The first-order valence-electron chi connectivity index (χ1n) is 9.90. The smallest absolute Gasteiger partial charge is 0.213 e. The first-order valence-corrected chi connectivity index (χ1v) is 9.90. The molecule has 0 bridgehead atoms. The summed E-state index contributed by atoms with van der Waals surface area (Å²) in [6, 6.07) is 22.1. The van der Waals surface area contributed by atoms with E-state index < -0.39 is 0 Å². The molecule has 0 saturated carbocycles. The van der Waals surface area contributed by atoms with Gasteiger partial charge in [0.2, 0.25) is 11.2 Å². The van der Waals surface area contributed by atoms with Gasteiger partial charge in [-0.25, -0.2) is 0 Å². The molecule has 2 aromatic carbocycles. The first-order chi connectivity index (χ1) is 13.4. The minimum Gasteiger partial charge on any atom is -0.257 e. The van der Waals surface area contributed by atoms with Crippen LogP contribution in [0.1, 0.15) is 36.4 Å². The molecule has 1 aliphatic carbocycles. The molecular formula is C26H25N2+. The molecule has 2 aromatic heterocycles. The molecule has 0 aliphatic heterocycles. The Kier molecular flexibility index (Phi) is 3.51. The summed E-state index contributed by atoms with van der Waals surface area (Å²) >= 11 is 0. The van der Waals surface area contributed by atoms with Crippen molar-refractivity contribution in [2.24, 2.45) is 7.05 Å². The molecule has 0 unspecified atom stereocenters. The Bertz CT molecular complexity index is 1270. The van der Waals surface area contributed by atoms with E-state index in [1.54, 1.807) is 0 Å². The van der Waals surface area contributed by atoms with Crippen molar-refractivity contribution in [2.45, 2.75) is 33.1 Å². The number of aromatic nitrogens is 2. The van der Waals surface area contributed by atoms with Gasteiger partial charge in [0.15, 0.2) is 0 Å². The molecule has 0 amide bonds. The predicted octanol–water partition coefficient (Wildman–Crippen LogP) is 5.65. The predicted molar refractivity (Wildman–Crippen MR) is 115 cm³/mol. The Hall–Kier alpha value is -3.00. The zero-order chi connectivity index (χ0) is 19.6. The SMILES string of the molecule is Cc1ccc2c(n1)C(C)(C)c1cc(C)c(-c3ccc4ccccc4[n+]3C)cc1-2. The zero-order valence-electron chi connectivity index (χ0n) is 17.2. The van der Waals surface area contributed by atoms with Gasteiger partial charge in [-0.2, -0.15) is 4.57 Å². The number of rotatable bonds is 1. The quantitative estimate of drug-likeness (QED) is 0.398. The highest BCUT2D eigenvalue weighted by Gasteiger charge is 2.38. The number of pyridine rings is 2. The molecule has 138 valence electrons. The van der Waals surface area contributed by atoms with Crippen LogP contribution in [0.15, 0.2) is 60.7 Å². The van der Waals surface area contributed by atoms with E-state index in [0.717, 1.165) is 5.69 Å². The average molecular weight is 366 g/mol. The number of para-hydroxylation sites is 1. The fourth-order valence-corrected chi connectivity index (χ4v) is 4.72. The van der Waals surface area contributed by atoms with Gasteiger partial charge in [0.1, 0.15) is 7.05 Å². The number of aryl methyl sites for hydroxylation is 3. The van der Waals surface area contributed by atoms with Crippen molar-refractivity contribution >= 4 is 10.9 Å². The second kappa shape index (κ2) is 5.75. The van der Waals surface area contributed by atoms with E-state index in [1.807, 2.05) is 0 Å². The third kappa shape index (κ3) is 2.27. The molecular weight excluding hydrogens is 340 g/mol. The number of benzene rings is 2. The summed E-state index contributed by atoms with van der Waals surface area (Å²) in [6.07, 6.45) is 0. The highest BCUT2D eigenvalue weighted by molar-refractivity contribution is 5.85.